The minimum Gasteiger partial charge on any atom is -0.496 e. The van der Waals surface area contributed by atoms with Gasteiger partial charge in [-0.3, -0.25) is 4.98 Å². The molecule has 1 N–H and O–H groups in total. The summed E-state index contributed by atoms with van der Waals surface area (Å²) < 4.78 is 6.51. The zero-order valence-corrected chi connectivity index (χ0v) is 13.4. The highest BCUT2D eigenvalue weighted by molar-refractivity contribution is 9.10. The van der Waals surface area contributed by atoms with E-state index >= 15 is 0 Å². The maximum Gasteiger partial charge on any atom is 0.122 e. The first kappa shape index (κ1) is 15.0. The van der Waals surface area contributed by atoms with E-state index in [0.29, 0.717) is 6.04 Å². The van der Waals surface area contributed by atoms with Crippen LogP contribution in [-0.2, 0) is 12.8 Å². The number of methoxy groups -OCH3 is 1. The molecule has 0 radical (unpaired) electrons. The van der Waals surface area contributed by atoms with Crippen molar-refractivity contribution in [2.75, 3.05) is 14.2 Å². The fourth-order valence-electron chi connectivity index (χ4n) is 2.25. The van der Waals surface area contributed by atoms with Gasteiger partial charge in [0.15, 0.2) is 0 Å². The second-order valence-electron chi connectivity index (χ2n) is 4.71. The molecule has 20 heavy (non-hydrogen) atoms. The van der Waals surface area contributed by atoms with Gasteiger partial charge in [-0.1, -0.05) is 22.0 Å². The van der Waals surface area contributed by atoms with E-state index in [1.807, 2.05) is 31.4 Å². The lowest BCUT2D eigenvalue weighted by Crippen LogP contribution is -2.30. The smallest absolute Gasteiger partial charge is 0.122 e. The van der Waals surface area contributed by atoms with Crippen molar-refractivity contribution in [2.45, 2.75) is 18.9 Å². The number of benzene rings is 1. The van der Waals surface area contributed by atoms with Gasteiger partial charge in [0.2, 0.25) is 0 Å². The van der Waals surface area contributed by atoms with Crippen LogP contribution in [-0.4, -0.2) is 25.2 Å². The second kappa shape index (κ2) is 7.41. The molecule has 0 amide bonds. The van der Waals surface area contributed by atoms with Gasteiger partial charge in [-0.15, -0.1) is 0 Å². The third-order valence-electron chi connectivity index (χ3n) is 3.32. The van der Waals surface area contributed by atoms with Crippen LogP contribution >= 0.6 is 15.9 Å². The Hall–Kier alpha value is -1.39. The Morgan fingerprint density at radius 1 is 1.30 bits per heavy atom. The highest BCUT2D eigenvalue weighted by Crippen LogP contribution is 2.24. The van der Waals surface area contributed by atoms with Crippen LogP contribution in [0.2, 0.25) is 0 Å². The lowest BCUT2D eigenvalue weighted by Gasteiger charge is -2.18. The average Bonchev–Trinajstić information content (AvgIpc) is 2.48. The highest BCUT2D eigenvalue weighted by atomic mass is 79.9. The number of hydrogen-bond acceptors (Lipinski definition) is 3. The van der Waals surface area contributed by atoms with Crippen LogP contribution in [0.4, 0.5) is 0 Å². The van der Waals surface area contributed by atoms with Crippen molar-refractivity contribution in [1.82, 2.24) is 10.3 Å². The van der Waals surface area contributed by atoms with Crippen molar-refractivity contribution in [2.24, 2.45) is 0 Å². The van der Waals surface area contributed by atoms with Gasteiger partial charge in [0.1, 0.15) is 5.75 Å². The zero-order chi connectivity index (χ0) is 14.4. The van der Waals surface area contributed by atoms with Gasteiger partial charge in [-0.05, 0) is 55.3 Å². The van der Waals surface area contributed by atoms with Crippen LogP contribution in [0.25, 0.3) is 0 Å². The molecule has 0 saturated carbocycles. The van der Waals surface area contributed by atoms with Gasteiger partial charge in [0.05, 0.1) is 7.11 Å². The molecule has 1 aromatic heterocycles. The fraction of sp³-hybridized carbons (Fsp3) is 0.312. The van der Waals surface area contributed by atoms with E-state index in [-0.39, 0.29) is 0 Å². The number of pyridine rings is 1. The summed E-state index contributed by atoms with van der Waals surface area (Å²) in [6.45, 7) is 0. The largest absolute Gasteiger partial charge is 0.496 e. The number of nitrogens with zero attached hydrogens (tertiary/aromatic N) is 1. The van der Waals surface area contributed by atoms with E-state index in [4.69, 9.17) is 4.74 Å². The van der Waals surface area contributed by atoms with Crippen molar-refractivity contribution in [3.63, 3.8) is 0 Å². The molecule has 106 valence electrons. The monoisotopic (exact) mass is 334 g/mol. The van der Waals surface area contributed by atoms with Gasteiger partial charge in [0, 0.05) is 22.9 Å². The first-order valence-electron chi connectivity index (χ1n) is 6.61. The summed E-state index contributed by atoms with van der Waals surface area (Å²) in [5, 5.41) is 3.37. The van der Waals surface area contributed by atoms with Gasteiger partial charge < -0.3 is 10.1 Å². The Balaban J connectivity index is 2.12. The molecule has 0 bridgehead atoms. The maximum absolute atomic E-state index is 5.43. The molecule has 4 heteroatoms. The Kier molecular flexibility index (Phi) is 5.56. The van der Waals surface area contributed by atoms with Gasteiger partial charge in [-0.2, -0.15) is 0 Å². The quantitative estimate of drug-likeness (QED) is 0.880. The molecule has 1 atom stereocenters. The molecular weight excluding hydrogens is 316 g/mol. The SMILES string of the molecule is CNC(Cc1cccnc1)Cc1cc(Br)ccc1OC. The fourth-order valence-corrected chi connectivity index (χ4v) is 2.66. The molecule has 3 nitrogen and oxygen atoms in total. The maximum atomic E-state index is 5.43. The summed E-state index contributed by atoms with van der Waals surface area (Å²) in [6.07, 6.45) is 5.58. The zero-order valence-electron chi connectivity index (χ0n) is 11.8. The summed E-state index contributed by atoms with van der Waals surface area (Å²) in [5.74, 6) is 0.930. The summed E-state index contributed by atoms with van der Waals surface area (Å²) in [6, 6.07) is 10.5. The minimum absolute atomic E-state index is 0.349. The van der Waals surface area contributed by atoms with E-state index in [2.05, 4.69) is 38.4 Å². The summed E-state index contributed by atoms with van der Waals surface area (Å²) >= 11 is 3.52. The van der Waals surface area contributed by atoms with E-state index < -0.39 is 0 Å². The van der Waals surface area contributed by atoms with Crippen LogP contribution in [0.1, 0.15) is 11.1 Å². The molecule has 0 spiro atoms. The molecule has 1 aromatic carbocycles. The first-order chi connectivity index (χ1) is 9.72. The van der Waals surface area contributed by atoms with Crippen LogP contribution in [0.15, 0.2) is 47.2 Å². The average molecular weight is 335 g/mol. The van der Waals surface area contributed by atoms with Crippen LogP contribution in [0.5, 0.6) is 5.75 Å². The molecule has 0 fully saturated rings. The molecular formula is C16H19BrN2O. The van der Waals surface area contributed by atoms with Crippen molar-refractivity contribution in [1.29, 1.82) is 0 Å². The van der Waals surface area contributed by atoms with Crippen LogP contribution < -0.4 is 10.1 Å². The topological polar surface area (TPSA) is 34.2 Å². The molecule has 0 aliphatic rings. The highest BCUT2D eigenvalue weighted by Gasteiger charge is 2.12. The number of halogens is 1. The third kappa shape index (κ3) is 4.05. The predicted octanol–water partition coefficient (Wildman–Crippen LogP) is 3.23. The Bertz CT molecular complexity index is 545. The van der Waals surface area contributed by atoms with Crippen molar-refractivity contribution >= 4 is 15.9 Å². The van der Waals surface area contributed by atoms with Gasteiger partial charge in [-0.25, -0.2) is 0 Å². The molecule has 0 saturated heterocycles. The Morgan fingerprint density at radius 3 is 2.80 bits per heavy atom. The van der Waals surface area contributed by atoms with Crippen molar-refractivity contribution in [3.05, 3.63) is 58.3 Å². The molecule has 0 aliphatic heterocycles. The standard InChI is InChI=1S/C16H19BrN2O/c1-18-15(8-12-4-3-7-19-11-12)10-13-9-14(17)5-6-16(13)20-2/h3-7,9,11,15,18H,8,10H2,1-2H3. The number of hydrogen-bond donors (Lipinski definition) is 1. The Morgan fingerprint density at radius 2 is 2.15 bits per heavy atom. The predicted molar refractivity (Wildman–Crippen MR) is 85.2 cm³/mol. The first-order valence-corrected chi connectivity index (χ1v) is 7.41. The molecule has 1 heterocycles. The molecule has 2 rings (SSSR count). The number of rotatable bonds is 6. The van der Waals surface area contributed by atoms with Gasteiger partial charge >= 0.3 is 0 Å². The minimum atomic E-state index is 0.349. The Labute approximate surface area is 128 Å². The normalized spacial score (nSPS) is 12.2. The molecule has 1 unspecified atom stereocenters. The molecule has 0 aliphatic carbocycles. The lowest BCUT2D eigenvalue weighted by atomic mass is 9.99. The van der Waals surface area contributed by atoms with E-state index in [0.717, 1.165) is 23.1 Å². The van der Waals surface area contributed by atoms with Crippen molar-refractivity contribution in [3.8, 4) is 5.75 Å². The number of aromatic nitrogens is 1. The number of nitrogens with one attached hydrogen (secondary N) is 1. The van der Waals surface area contributed by atoms with Crippen molar-refractivity contribution < 1.29 is 4.74 Å². The van der Waals surface area contributed by atoms with E-state index in [1.54, 1.807) is 13.3 Å². The van der Waals surface area contributed by atoms with E-state index in [1.165, 1.54) is 11.1 Å². The van der Waals surface area contributed by atoms with Gasteiger partial charge in [0.25, 0.3) is 0 Å². The number of likely N-dealkylation sites (N-methyl/N-ethyl adjacent to an activating group) is 1. The van der Waals surface area contributed by atoms with Crippen LogP contribution in [0.3, 0.4) is 0 Å². The second-order valence-corrected chi connectivity index (χ2v) is 5.63. The summed E-state index contributed by atoms with van der Waals surface area (Å²) in [5.41, 5.74) is 2.44. The lowest BCUT2D eigenvalue weighted by molar-refractivity contribution is 0.405. The summed E-state index contributed by atoms with van der Waals surface area (Å²) in [7, 11) is 3.70. The number of ether oxygens (including phenoxy) is 1. The summed E-state index contributed by atoms with van der Waals surface area (Å²) in [4.78, 5) is 4.17. The third-order valence-corrected chi connectivity index (χ3v) is 3.82. The van der Waals surface area contributed by atoms with Crippen LogP contribution in [0, 0.1) is 0 Å². The van der Waals surface area contributed by atoms with E-state index in [9.17, 15) is 0 Å². The molecule has 2 aromatic rings.